The van der Waals surface area contributed by atoms with Gasteiger partial charge in [-0.05, 0) is 38.7 Å². The van der Waals surface area contributed by atoms with E-state index >= 15 is 0 Å². The molecule has 0 spiro atoms. The van der Waals surface area contributed by atoms with Gasteiger partial charge in [0, 0.05) is 31.2 Å². The van der Waals surface area contributed by atoms with Crippen molar-refractivity contribution in [3.05, 3.63) is 18.1 Å². The Bertz CT molecular complexity index is 472. The molecule has 1 N–H and O–H groups in total. The fraction of sp³-hybridized carbons (Fsp3) is 0.643. The molecule has 1 aliphatic carbocycles. The molecule has 102 valence electrons. The number of hydrogen-bond acceptors (Lipinski definition) is 4. The Hall–Kier alpha value is -1.65. The average Bonchev–Trinajstić information content (AvgIpc) is 3.23. The van der Waals surface area contributed by atoms with Gasteiger partial charge in [-0.15, -0.1) is 0 Å². The second-order valence-corrected chi connectivity index (χ2v) is 5.53. The van der Waals surface area contributed by atoms with Crippen LogP contribution in [0.25, 0.3) is 0 Å². The number of piperidine rings is 1. The van der Waals surface area contributed by atoms with Crippen LogP contribution in [0.3, 0.4) is 0 Å². The van der Waals surface area contributed by atoms with Crippen LogP contribution < -0.4 is 10.2 Å². The molecule has 1 aromatic rings. The Balaban J connectivity index is 1.62. The topological polar surface area (TPSA) is 58.1 Å². The van der Waals surface area contributed by atoms with E-state index in [4.69, 9.17) is 0 Å². The van der Waals surface area contributed by atoms with Crippen LogP contribution in [0, 0.1) is 12.8 Å². The highest BCUT2D eigenvalue weighted by atomic mass is 16.2. The van der Waals surface area contributed by atoms with Crippen LogP contribution in [0.5, 0.6) is 0 Å². The first-order chi connectivity index (χ1) is 9.22. The highest BCUT2D eigenvalue weighted by molar-refractivity contribution is 5.81. The minimum atomic E-state index is 0.241. The third kappa shape index (κ3) is 3.03. The summed E-state index contributed by atoms with van der Waals surface area (Å²) in [7, 11) is 0. The number of amides is 1. The smallest absolute Gasteiger partial charge is 0.223 e. The van der Waals surface area contributed by atoms with Crippen LogP contribution in [0.1, 0.15) is 31.5 Å². The summed E-state index contributed by atoms with van der Waals surface area (Å²) in [5.41, 5.74) is 0. The van der Waals surface area contributed by atoms with E-state index in [0.717, 1.165) is 50.4 Å². The lowest BCUT2D eigenvalue weighted by atomic mass is 10.1. The van der Waals surface area contributed by atoms with E-state index in [-0.39, 0.29) is 17.9 Å². The molecule has 5 nitrogen and oxygen atoms in total. The normalized spacial score (nSPS) is 23.2. The summed E-state index contributed by atoms with van der Waals surface area (Å²) in [6.45, 7) is 3.76. The van der Waals surface area contributed by atoms with Gasteiger partial charge >= 0.3 is 0 Å². The van der Waals surface area contributed by atoms with Gasteiger partial charge in [0.25, 0.3) is 0 Å². The van der Waals surface area contributed by atoms with E-state index in [1.807, 2.05) is 13.0 Å². The van der Waals surface area contributed by atoms with Gasteiger partial charge in [-0.3, -0.25) is 4.79 Å². The molecule has 0 bridgehead atoms. The minimum Gasteiger partial charge on any atom is -0.354 e. The first-order valence-electron chi connectivity index (χ1n) is 7.07. The van der Waals surface area contributed by atoms with Crippen LogP contribution in [-0.2, 0) is 4.79 Å². The molecule has 0 aromatic carbocycles. The van der Waals surface area contributed by atoms with Crippen LogP contribution in [0.4, 0.5) is 5.82 Å². The number of nitrogens with one attached hydrogen (secondary N) is 1. The molecular formula is C14H20N4O. The van der Waals surface area contributed by atoms with E-state index in [0.29, 0.717) is 0 Å². The van der Waals surface area contributed by atoms with E-state index in [1.165, 1.54) is 0 Å². The summed E-state index contributed by atoms with van der Waals surface area (Å²) in [6.07, 6.45) is 6.09. The summed E-state index contributed by atoms with van der Waals surface area (Å²) in [6, 6.07) is 2.20. The highest BCUT2D eigenvalue weighted by Gasteiger charge is 2.32. The molecule has 5 heteroatoms. The molecule has 0 radical (unpaired) electrons. The third-order valence-electron chi connectivity index (χ3n) is 3.80. The molecule has 2 heterocycles. The zero-order chi connectivity index (χ0) is 13.2. The maximum absolute atomic E-state index is 11.8. The van der Waals surface area contributed by atoms with Crippen molar-refractivity contribution in [2.24, 2.45) is 5.92 Å². The third-order valence-corrected chi connectivity index (χ3v) is 3.80. The van der Waals surface area contributed by atoms with Gasteiger partial charge in [0.05, 0.1) is 0 Å². The first kappa shape index (κ1) is 12.4. The van der Waals surface area contributed by atoms with E-state index < -0.39 is 0 Å². The van der Waals surface area contributed by atoms with Crippen molar-refractivity contribution < 1.29 is 4.79 Å². The van der Waals surface area contributed by atoms with Crippen molar-refractivity contribution >= 4 is 11.7 Å². The van der Waals surface area contributed by atoms with Gasteiger partial charge in [-0.2, -0.15) is 0 Å². The number of carbonyl (C=O) groups is 1. The van der Waals surface area contributed by atoms with Crippen molar-refractivity contribution in [1.29, 1.82) is 0 Å². The van der Waals surface area contributed by atoms with Crippen LogP contribution in [0.2, 0.25) is 0 Å². The van der Waals surface area contributed by atoms with Gasteiger partial charge in [0.15, 0.2) is 0 Å². The van der Waals surface area contributed by atoms with Gasteiger partial charge in [0.1, 0.15) is 11.6 Å². The van der Waals surface area contributed by atoms with Crippen LogP contribution in [0.15, 0.2) is 12.3 Å². The second-order valence-electron chi connectivity index (χ2n) is 5.53. The molecule has 1 unspecified atom stereocenters. The van der Waals surface area contributed by atoms with Gasteiger partial charge in [-0.25, -0.2) is 9.97 Å². The number of anilines is 1. The lowest BCUT2D eigenvalue weighted by Gasteiger charge is -2.34. The molecule has 1 aliphatic heterocycles. The number of carbonyl (C=O) groups excluding carboxylic acids is 1. The molecule has 1 atom stereocenters. The molecular weight excluding hydrogens is 240 g/mol. The highest BCUT2D eigenvalue weighted by Crippen LogP contribution is 2.29. The quantitative estimate of drug-likeness (QED) is 0.889. The Morgan fingerprint density at radius 2 is 2.26 bits per heavy atom. The Kier molecular flexibility index (Phi) is 3.36. The SMILES string of the molecule is Cc1nccc(N2CCCC(NC(=O)C3CC3)C2)n1. The molecule has 1 saturated carbocycles. The molecule has 1 saturated heterocycles. The van der Waals surface area contributed by atoms with Crippen molar-refractivity contribution in [2.45, 2.75) is 38.6 Å². The predicted molar refractivity (Wildman–Crippen MR) is 72.9 cm³/mol. The van der Waals surface area contributed by atoms with Crippen molar-refractivity contribution in [3.63, 3.8) is 0 Å². The predicted octanol–water partition coefficient (Wildman–Crippen LogP) is 1.28. The summed E-state index contributed by atoms with van der Waals surface area (Å²) in [5, 5.41) is 3.17. The largest absolute Gasteiger partial charge is 0.354 e. The Morgan fingerprint density at radius 1 is 1.42 bits per heavy atom. The monoisotopic (exact) mass is 260 g/mol. The van der Waals surface area contributed by atoms with Crippen molar-refractivity contribution in [2.75, 3.05) is 18.0 Å². The molecule has 19 heavy (non-hydrogen) atoms. The second kappa shape index (κ2) is 5.15. The van der Waals surface area contributed by atoms with Crippen LogP contribution >= 0.6 is 0 Å². The average molecular weight is 260 g/mol. The van der Waals surface area contributed by atoms with Crippen molar-refractivity contribution in [1.82, 2.24) is 15.3 Å². The zero-order valence-corrected chi connectivity index (χ0v) is 11.3. The molecule has 3 rings (SSSR count). The van der Waals surface area contributed by atoms with E-state index in [2.05, 4.69) is 20.2 Å². The summed E-state index contributed by atoms with van der Waals surface area (Å²) >= 11 is 0. The standard InChI is InChI=1S/C14H20N4O/c1-10-15-7-6-13(16-10)18-8-2-3-12(9-18)17-14(19)11-4-5-11/h6-7,11-12H,2-5,8-9H2,1H3,(H,17,19). The fourth-order valence-electron chi connectivity index (χ4n) is 2.59. The fourth-order valence-corrected chi connectivity index (χ4v) is 2.59. The maximum atomic E-state index is 11.8. The zero-order valence-electron chi connectivity index (χ0n) is 11.3. The maximum Gasteiger partial charge on any atom is 0.223 e. The van der Waals surface area contributed by atoms with Gasteiger partial charge in [0.2, 0.25) is 5.91 Å². The number of rotatable bonds is 3. The molecule has 2 fully saturated rings. The number of aryl methyl sites for hydroxylation is 1. The summed E-state index contributed by atoms with van der Waals surface area (Å²) in [5.74, 6) is 2.29. The molecule has 2 aliphatic rings. The summed E-state index contributed by atoms with van der Waals surface area (Å²) < 4.78 is 0. The lowest BCUT2D eigenvalue weighted by molar-refractivity contribution is -0.123. The van der Waals surface area contributed by atoms with E-state index in [1.54, 1.807) is 6.20 Å². The minimum absolute atomic E-state index is 0.241. The van der Waals surface area contributed by atoms with E-state index in [9.17, 15) is 4.79 Å². The Labute approximate surface area is 113 Å². The molecule has 1 aromatic heterocycles. The number of hydrogen-bond donors (Lipinski definition) is 1. The Morgan fingerprint density at radius 3 is 3.00 bits per heavy atom. The lowest BCUT2D eigenvalue weighted by Crippen LogP contribution is -2.48. The number of aromatic nitrogens is 2. The molecule has 1 amide bonds. The van der Waals surface area contributed by atoms with Gasteiger partial charge < -0.3 is 10.2 Å². The van der Waals surface area contributed by atoms with Crippen molar-refractivity contribution in [3.8, 4) is 0 Å². The first-order valence-corrected chi connectivity index (χ1v) is 7.07. The van der Waals surface area contributed by atoms with Crippen LogP contribution in [-0.4, -0.2) is 35.0 Å². The van der Waals surface area contributed by atoms with Gasteiger partial charge in [-0.1, -0.05) is 0 Å². The number of nitrogens with zero attached hydrogens (tertiary/aromatic N) is 3. The summed E-state index contributed by atoms with van der Waals surface area (Å²) in [4.78, 5) is 22.6.